The Hall–Kier alpha value is -2.65. The van der Waals surface area contributed by atoms with E-state index in [0.29, 0.717) is 103 Å². The third-order valence-electron chi connectivity index (χ3n) is 32.2. The summed E-state index contributed by atoms with van der Waals surface area (Å²) < 4.78 is 11.4. The molecular weight excluding hydrogens is 1130 g/mol. The Morgan fingerprint density at radius 3 is 1.50 bits per heavy atom. The van der Waals surface area contributed by atoms with Gasteiger partial charge in [0.1, 0.15) is 19.2 Å². The number of aliphatic hydroxyl groups is 5. The predicted molar refractivity (Wildman–Crippen MR) is 344 cm³/mol. The second-order valence-electron chi connectivity index (χ2n) is 35.7. The van der Waals surface area contributed by atoms with E-state index in [2.05, 4.69) is 72.9 Å². The van der Waals surface area contributed by atoms with Crippen LogP contribution in [0.15, 0.2) is 0 Å². The van der Waals surface area contributed by atoms with Crippen molar-refractivity contribution in [2.75, 3.05) is 13.1 Å². The molecule has 12 fully saturated rings. The number of carbonyl (C=O) groups is 5. The van der Waals surface area contributed by atoms with Crippen LogP contribution in [-0.4, -0.2) is 105 Å². The standard InChI is InChI=1S/C76H122N2O12/c1-42(53-16-19-57-69-58(28-33-75(53,57)8)72(5)29-24-48(79)34-46(72)37-61(69)81)10-21-64(84)78-41-68(88)90-66(86)23-12-43(2)52-15-18-55-51-14-13-45-36-50(26-31-71(45,4)56(51)27-32-74(52,55)7)89-67(87)40-77-65(85)22-11-44(3)54-17-20-59-70-60(39-63(83)76(54,59)9)73(6)30-25-49(80)35-47(73)38-62(70)82/h42-63,69-70,79-83H,10-41H2,1-9H3,(H,77,85)(H,78,84)/t42-,43-,44-,45?,46?,47?,48-,49-,50-,51+,52-,53-,54-,55+,56+,57?,58?,59?,60?,61-,62-,63+,69?,70?,71+,72+,73+,74-,75-,76-/m1/s1. The van der Waals surface area contributed by atoms with Crippen LogP contribution in [0, 0.1) is 139 Å². The van der Waals surface area contributed by atoms with Crippen LogP contribution in [0.3, 0.4) is 0 Å². The van der Waals surface area contributed by atoms with Gasteiger partial charge in [0.25, 0.3) is 0 Å². The highest BCUT2D eigenvalue weighted by Gasteiger charge is 2.67. The van der Waals surface area contributed by atoms with E-state index in [1.165, 1.54) is 25.7 Å². The van der Waals surface area contributed by atoms with Gasteiger partial charge in [-0.15, -0.1) is 0 Å². The van der Waals surface area contributed by atoms with Crippen molar-refractivity contribution in [3.63, 3.8) is 0 Å². The molecule has 0 spiro atoms. The third kappa shape index (κ3) is 11.9. The molecule has 12 saturated carbocycles. The number of esters is 3. The smallest absolute Gasteiger partial charge is 0.333 e. The summed E-state index contributed by atoms with van der Waals surface area (Å²) in [5.74, 6) is 5.18. The first kappa shape index (κ1) is 67.3. The lowest BCUT2D eigenvalue weighted by Crippen LogP contribution is -2.62. The van der Waals surface area contributed by atoms with Crippen LogP contribution in [-0.2, 0) is 33.4 Å². The summed E-state index contributed by atoms with van der Waals surface area (Å²) in [6.07, 6.45) is 24.8. The molecule has 0 aromatic carbocycles. The maximum atomic E-state index is 13.4. The van der Waals surface area contributed by atoms with E-state index < -0.39 is 24.1 Å². The SMILES string of the molecule is C[C@H](CCC(=O)OC(=O)CNC(=O)CC[C@@H](C)[C@H]1CCC2C3C(CC[C@@]21C)[C@@]1(C)CC[C@@H](O)CC1C[C@H]3O)[C@H]1CC[C@H]2[C@@H]3CCC4C[C@H](OC(=O)CNC(=O)CC[C@@H](C)[C@H]5CCC6C7C(C[C@H](O)[C@@]65C)[C@@]5(C)CC[C@@H](O)CC5C[C@H]7O)CC[C@]4(C)[C@H]3CC[C@]12C. The molecule has 0 aromatic heterocycles. The maximum absolute atomic E-state index is 13.4. The second kappa shape index (κ2) is 25.7. The van der Waals surface area contributed by atoms with Gasteiger partial charge in [-0.3, -0.25) is 19.2 Å². The van der Waals surface area contributed by atoms with Gasteiger partial charge in [-0.05, 0) is 312 Å². The summed E-state index contributed by atoms with van der Waals surface area (Å²) in [5, 5.41) is 62.1. The summed E-state index contributed by atoms with van der Waals surface area (Å²) in [4.78, 5) is 65.9. The molecule has 0 aliphatic heterocycles. The van der Waals surface area contributed by atoms with Gasteiger partial charge in [-0.1, -0.05) is 62.3 Å². The van der Waals surface area contributed by atoms with Crippen molar-refractivity contribution in [1.82, 2.24) is 10.6 Å². The Morgan fingerprint density at radius 1 is 0.422 bits per heavy atom. The molecule has 12 aliphatic rings. The number of carbonyl (C=O) groups excluding carboxylic acids is 5. The van der Waals surface area contributed by atoms with Crippen LogP contribution in [0.25, 0.3) is 0 Å². The Morgan fingerprint density at radius 2 is 0.878 bits per heavy atom. The molecule has 0 radical (unpaired) electrons. The molecule has 30 atom stereocenters. The Labute approximate surface area is 540 Å². The largest absolute Gasteiger partial charge is 0.461 e. The molecule has 2 amide bonds. The molecular formula is C76H122N2O12. The number of ether oxygens (including phenoxy) is 2. The highest BCUT2D eigenvalue weighted by atomic mass is 16.6. The van der Waals surface area contributed by atoms with Gasteiger partial charge in [0.15, 0.2) is 0 Å². The number of rotatable bonds is 17. The number of aliphatic hydroxyl groups excluding tert-OH is 5. The van der Waals surface area contributed by atoms with Crippen molar-refractivity contribution in [3.05, 3.63) is 0 Å². The zero-order valence-corrected chi connectivity index (χ0v) is 57.1. The summed E-state index contributed by atoms with van der Waals surface area (Å²) in [6.45, 7) is 20.9. The summed E-state index contributed by atoms with van der Waals surface area (Å²) in [6, 6.07) is 0. The molecule has 9 unspecified atom stereocenters. The van der Waals surface area contributed by atoms with Gasteiger partial charge in [-0.25, -0.2) is 4.79 Å². The van der Waals surface area contributed by atoms with E-state index in [-0.39, 0.29) is 130 Å². The van der Waals surface area contributed by atoms with E-state index in [1.54, 1.807) is 0 Å². The van der Waals surface area contributed by atoms with Crippen LogP contribution < -0.4 is 10.6 Å². The van der Waals surface area contributed by atoms with Gasteiger partial charge in [0, 0.05) is 19.3 Å². The second-order valence-corrected chi connectivity index (χ2v) is 35.7. The molecule has 0 aromatic rings. The minimum absolute atomic E-state index is 0.0323. The zero-order valence-electron chi connectivity index (χ0n) is 57.1. The fourth-order valence-electron chi connectivity index (χ4n) is 27.2. The van der Waals surface area contributed by atoms with Gasteiger partial charge < -0.3 is 45.6 Å². The van der Waals surface area contributed by atoms with Crippen molar-refractivity contribution in [2.24, 2.45) is 139 Å². The Balaban J connectivity index is 0.536. The normalized spacial score (nSPS) is 49.2. The van der Waals surface area contributed by atoms with Crippen LogP contribution in [0.1, 0.15) is 255 Å². The lowest BCUT2D eigenvalue weighted by Gasteiger charge is -2.63. The van der Waals surface area contributed by atoms with Crippen molar-refractivity contribution >= 4 is 29.7 Å². The molecule has 508 valence electrons. The average Bonchev–Trinajstić information content (AvgIpc) is 1.32. The molecule has 0 bridgehead atoms. The monoisotopic (exact) mass is 1250 g/mol. The van der Waals surface area contributed by atoms with Crippen LogP contribution in [0.4, 0.5) is 0 Å². The number of nitrogens with one attached hydrogen (secondary N) is 2. The molecule has 90 heavy (non-hydrogen) atoms. The van der Waals surface area contributed by atoms with Gasteiger partial charge in [-0.2, -0.15) is 0 Å². The maximum Gasteiger partial charge on any atom is 0.333 e. The molecule has 14 nitrogen and oxygen atoms in total. The number of hydrogen-bond donors (Lipinski definition) is 7. The minimum atomic E-state index is -0.708. The number of fused-ring (bicyclic) bond motifs is 15. The average molecular weight is 1260 g/mol. The molecule has 12 rings (SSSR count). The first-order valence-corrected chi connectivity index (χ1v) is 37.5. The topological polar surface area (TPSA) is 229 Å². The first-order valence-electron chi connectivity index (χ1n) is 37.5. The van der Waals surface area contributed by atoms with Gasteiger partial charge >= 0.3 is 17.9 Å². The molecule has 14 heteroatoms. The molecule has 7 N–H and O–H groups in total. The summed E-state index contributed by atoms with van der Waals surface area (Å²) in [5.41, 5.74) is 0.428. The van der Waals surface area contributed by atoms with Crippen molar-refractivity contribution < 1.29 is 59.0 Å². The van der Waals surface area contributed by atoms with Gasteiger partial charge in [0.2, 0.25) is 11.8 Å². The van der Waals surface area contributed by atoms with Crippen molar-refractivity contribution in [3.8, 4) is 0 Å². The summed E-state index contributed by atoms with van der Waals surface area (Å²) in [7, 11) is 0. The van der Waals surface area contributed by atoms with E-state index in [9.17, 15) is 49.5 Å². The Bertz CT molecular complexity index is 2630. The predicted octanol–water partition coefficient (Wildman–Crippen LogP) is 12.1. The summed E-state index contributed by atoms with van der Waals surface area (Å²) >= 11 is 0. The first-order chi connectivity index (χ1) is 42.6. The van der Waals surface area contributed by atoms with Crippen LogP contribution >= 0.6 is 0 Å². The molecule has 0 heterocycles. The van der Waals surface area contributed by atoms with Crippen LogP contribution in [0.2, 0.25) is 0 Å². The lowest BCUT2D eigenvalue weighted by atomic mass is 9.43. The molecule has 12 aliphatic carbocycles. The minimum Gasteiger partial charge on any atom is -0.461 e. The zero-order chi connectivity index (χ0) is 64.2. The Kier molecular flexibility index (Phi) is 19.3. The van der Waals surface area contributed by atoms with Gasteiger partial charge in [0.05, 0.1) is 30.5 Å². The molecule has 0 saturated heterocycles. The fraction of sp³-hybridized carbons (Fsp3) is 0.934. The quantitative estimate of drug-likeness (QED) is 0.0533. The third-order valence-corrected chi connectivity index (χ3v) is 32.2. The highest BCUT2D eigenvalue weighted by Crippen LogP contribution is 2.72. The lowest BCUT2D eigenvalue weighted by molar-refractivity contribution is -0.207. The van der Waals surface area contributed by atoms with Crippen LogP contribution in [0.5, 0.6) is 0 Å². The van der Waals surface area contributed by atoms with E-state index in [0.717, 1.165) is 128 Å². The number of hydrogen-bond acceptors (Lipinski definition) is 12. The van der Waals surface area contributed by atoms with Crippen molar-refractivity contribution in [1.29, 1.82) is 0 Å². The number of amides is 2. The van der Waals surface area contributed by atoms with Crippen molar-refractivity contribution in [2.45, 2.75) is 292 Å². The fourth-order valence-corrected chi connectivity index (χ4v) is 27.2. The van der Waals surface area contributed by atoms with E-state index in [1.807, 2.05) is 0 Å². The highest BCUT2D eigenvalue weighted by molar-refractivity contribution is 5.89. The van der Waals surface area contributed by atoms with E-state index in [4.69, 9.17) is 9.47 Å². The van der Waals surface area contributed by atoms with E-state index >= 15 is 0 Å².